The van der Waals surface area contributed by atoms with E-state index in [-0.39, 0.29) is 0 Å². The van der Waals surface area contributed by atoms with Gasteiger partial charge in [0, 0.05) is 11.9 Å². The zero-order valence-electron chi connectivity index (χ0n) is 10.2. The van der Waals surface area contributed by atoms with Gasteiger partial charge in [0.25, 0.3) is 0 Å². The molecule has 3 rings (SSSR count). The maximum absolute atomic E-state index is 6.10. The number of halogens is 1. The van der Waals surface area contributed by atoms with Crippen molar-refractivity contribution in [2.75, 3.05) is 0 Å². The van der Waals surface area contributed by atoms with Crippen molar-refractivity contribution in [3.8, 4) is 0 Å². The van der Waals surface area contributed by atoms with Crippen LogP contribution in [-0.2, 0) is 25.0 Å². The van der Waals surface area contributed by atoms with Crippen LogP contribution in [0.2, 0.25) is 5.15 Å². The first-order valence-electron chi connectivity index (χ1n) is 5.68. The third kappa shape index (κ3) is 2.60. The van der Waals surface area contributed by atoms with E-state index in [0.29, 0.717) is 24.2 Å². The summed E-state index contributed by atoms with van der Waals surface area (Å²) >= 11 is 7.76. The molecule has 5 nitrogen and oxygen atoms in total. The van der Waals surface area contributed by atoms with Crippen molar-refractivity contribution in [3.63, 3.8) is 0 Å². The van der Waals surface area contributed by atoms with Crippen molar-refractivity contribution < 1.29 is 4.74 Å². The molecule has 19 heavy (non-hydrogen) atoms. The van der Waals surface area contributed by atoms with Crippen LogP contribution in [0.1, 0.15) is 10.7 Å². The summed E-state index contributed by atoms with van der Waals surface area (Å²) in [5.41, 5.74) is 0.717. The number of hydrogen-bond donors (Lipinski definition) is 0. The Labute approximate surface area is 118 Å². The molecule has 0 fully saturated rings. The van der Waals surface area contributed by atoms with Crippen molar-refractivity contribution in [1.29, 1.82) is 0 Å². The molecule has 98 valence electrons. The van der Waals surface area contributed by atoms with Gasteiger partial charge in [0.2, 0.25) is 0 Å². The fourth-order valence-corrected chi connectivity index (χ4v) is 2.60. The van der Waals surface area contributed by atoms with Gasteiger partial charge >= 0.3 is 0 Å². The van der Waals surface area contributed by atoms with E-state index >= 15 is 0 Å². The fourth-order valence-electron chi connectivity index (χ4n) is 1.73. The molecule has 0 aliphatic heterocycles. The summed E-state index contributed by atoms with van der Waals surface area (Å²) in [7, 11) is 1.82. The Morgan fingerprint density at radius 1 is 1.37 bits per heavy atom. The first-order chi connectivity index (χ1) is 9.24. The van der Waals surface area contributed by atoms with E-state index in [1.165, 1.54) is 4.88 Å². The third-order valence-electron chi connectivity index (χ3n) is 2.65. The van der Waals surface area contributed by atoms with E-state index in [1.807, 2.05) is 24.6 Å². The van der Waals surface area contributed by atoms with Crippen molar-refractivity contribution in [2.45, 2.75) is 13.2 Å². The number of ether oxygens (including phenoxy) is 1. The van der Waals surface area contributed by atoms with Crippen LogP contribution < -0.4 is 0 Å². The van der Waals surface area contributed by atoms with Crippen LogP contribution in [0.15, 0.2) is 23.7 Å². The van der Waals surface area contributed by atoms with Crippen LogP contribution >= 0.6 is 22.9 Å². The lowest BCUT2D eigenvalue weighted by Crippen LogP contribution is -2.02. The summed E-state index contributed by atoms with van der Waals surface area (Å²) in [4.78, 5) is 9.78. The Morgan fingerprint density at radius 2 is 2.26 bits per heavy atom. The predicted octanol–water partition coefficient (Wildman–Crippen LogP) is 2.80. The van der Waals surface area contributed by atoms with Crippen LogP contribution in [-0.4, -0.2) is 19.7 Å². The monoisotopic (exact) mass is 294 g/mol. The minimum Gasteiger partial charge on any atom is -0.368 e. The van der Waals surface area contributed by atoms with Crippen molar-refractivity contribution >= 4 is 34.0 Å². The summed E-state index contributed by atoms with van der Waals surface area (Å²) in [6.07, 6.45) is 1.66. The number of aryl methyl sites for hydroxylation is 1. The van der Waals surface area contributed by atoms with Gasteiger partial charge in [0.05, 0.1) is 18.2 Å². The molecule has 0 radical (unpaired) electrons. The van der Waals surface area contributed by atoms with Gasteiger partial charge in [-0.1, -0.05) is 17.7 Å². The molecule has 0 saturated carbocycles. The molecule has 0 unspecified atom stereocenters. The lowest BCUT2D eigenvalue weighted by atomic mass is 10.4. The molecule has 0 N–H and O–H groups in total. The molecule has 0 saturated heterocycles. The molecule has 3 aromatic rings. The van der Waals surface area contributed by atoms with Gasteiger partial charge < -0.3 is 4.74 Å². The SMILES string of the molecule is Cn1ncc2c(Cl)nc(COCc3cccs3)nc21. The van der Waals surface area contributed by atoms with Crippen LogP contribution in [0, 0.1) is 0 Å². The molecule has 7 heteroatoms. The second kappa shape index (κ2) is 5.24. The smallest absolute Gasteiger partial charge is 0.162 e. The Bertz CT molecular complexity index is 695. The molecule has 3 aromatic heterocycles. The average molecular weight is 295 g/mol. The fraction of sp³-hybridized carbons (Fsp3) is 0.250. The predicted molar refractivity (Wildman–Crippen MR) is 74.1 cm³/mol. The molecule has 0 aliphatic carbocycles. The molecular weight excluding hydrogens is 284 g/mol. The van der Waals surface area contributed by atoms with E-state index in [2.05, 4.69) is 15.1 Å². The van der Waals surface area contributed by atoms with Gasteiger partial charge in [0.1, 0.15) is 11.8 Å². The molecule has 0 spiro atoms. The number of rotatable bonds is 4. The summed E-state index contributed by atoms with van der Waals surface area (Å²) in [6, 6.07) is 4.03. The minimum atomic E-state index is 0.332. The molecule has 3 heterocycles. The number of nitrogens with zero attached hydrogens (tertiary/aromatic N) is 4. The summed E-state index contributed by atoms with van der Waals surface area (Å²) in [6.45, 7) is 0.890. The van der Waals surface area contributed by atoms with E-state index in [1.54, 1.807) is 22.2 Å². The summed E-state index contributed by atoms with van der Waals surface area (Å²) < 4.78 is 7.25. The highest BCUT2D eigenvalue weighted by Gasteiger charge is 2.09. The largest absolute Gasteiger partial charge is 0.368 e. The maximum Gasteiger partial charge on any atom is 0.162 e. The molecule has 0 aromatic carbocycles. The van der Waals surface area contributed by atoms with E-state index in [9.17, 15) is 0 Å². The van der Waals surface area contributed by atoms with Gasteiger partial charge in [-0.2, -0.15) is 5.10 Å². The molecule has 0 bridgehead atoms. The lowest BCUT2D eigenvalue weighted by Gasteiger charge is -2.03. The van der Waals surface area contributed by atoms with Gasteiger partial charge in [-0.05, 0) is 11.4 Å². The van der Waals surface area contributed by atoms with E-state index in [0.717, 1.165) is 11.0 Å². The Hall–Kier alpha value is -1.50. The van der Waals surface area contributed by atoms with Crippen molar-refractivity contribution in [2.24, 2.45) is 7.05 Å². The van der Waals surface area contributed by atoms with Crippen LogP contribution in [0.3, 0.4) is 0 Å². The zero-order chi connectivity index (χ0) is 13.2. The second-order valence-electron chi connectivity index (χ2n) is 4.01. The highest BCUT2D eigenvalue weighted by atomic mass is 35.5. The van der Waals surface area contributed by atoms with Gasteiger partial charge in [-0.25, -0.2) is 9.97 Å². The average Bonchev–Trinajstić information content (AvgIpc) is 3.01. The maximum atomic E-state index is 6.10. The zero-order valence-corrected chi connectivity index (χ0v) is 11.8. The first kappa shape index (κ1) is 12.5. The van der Waals surface area contributed by atoms with Crippen LogP contribution in [0.5, 0.6) is 0 Å². The standard InChI is InChI=1S/C12H11ClN4OS/c1-17-12-9(5-14-17)11(13)15-10(16-12)7-18-6-8-3-2-4-19-8/h2-5H,6-7H2,1H3. The van der Waals surface area contributed by atoms with E-state index in [4.69, 9.17) is 16.3 Å². The second-order valence-corrected chi connectivity index (χ2v) is 5.40. The normalized spacial score (nSPS) is 11.3. The topological polar surface area (TPSA) is 52.8 Å². The van der Waals surface area contributed by atoms with Crippen LogP contribution in [0.4, 0.5) is 0 Å². The summed E-state index contributed by atoms with van der Waals surface area (Å²) in [5, 5.41) is 7.30. The number of fused-ring (bicyclic) bond motifs is 1. The molecule has 0 atom stereocenters. The Kier molecular flexibility index (Phi) is 3.46. The third-order valence-corrected chi connectivity index (χ3v) is 3.79. The van der Waals surface area contributed by atoms with Gasteiger partial charge in [-0.15, -0.1) is 11.3 Å². The van der Waals surface area contributed by atoms with Crippen LogP contribution in [0.25, 0.3) is 11.0 Å². The Balaban J connectivity index is 1.75. The molecular formula is C12H11ClN4OS. The van der Waals surface area contributed by atoms with Crippen molar-refractivity contribution in [3.05, 3.63) is 39.6 Å². The minimum absolute atomic E-state index is 0.332. The lowest BCUT2D eigenvalue weighted by molar-refractivity contribution is 0.104. The van der Waals surface area contributed by atoms with Crippen molar-refractivity contribution in [1.82, 2.24) is 19.7 Å². The number of thiophene rings is 1. The highest BCUT2D eigenvalue weighted by molar-refractivity contribution is 7.09. The van der Waals surface area contributed by atoms with E-state index < -0.39 is 0 Å². The molecule has 0 amide bonds. The first-order valence-corrected chi connectivity index (χ1v) is 6.94. The van der Waals surface area contributed by atoms with Gasteiger partial charge in [-0.3, -0.25) is 4.68 Å². The number of aromatic nitrogens is 4. The summed E-state index contributed by atoms with van der Waals surface area (Å²) in [5.74, 6) is 0.567. The Morgan fingerprint density at radius 3 is 3.05 bits per heavy atom. The quantitative estimate of drug-likeness (QED) is 0.694. The number of hydrogen-bond acceptors (Lipinski definition) is 5. The molecule has 0 aliphatic rings. The highest BCUT2D eigenvalue weighted by Crippen LogP contribution is 2.19. The van der Waals surface area contributed by atoms with Gasteiger partial charge in [0.15, 0.2) is 11.5 Å².